The van der Waals surface area contributed by atoms with Gasteiger partial charge in [0.15, 0.2) is 11.0 Å². The Balaban J connectivity index is 1.23. The van der Waals surface area contributed by atoms with Crippen molar-refractivity contribution in [1.29, 1.82) is 0 Å². The zero-order valence-electron chi connectivity index (χ0n) is 17.4. The van der Waals surface area contributed by atoms with Gasteiger partial charge in [0.05, 0.1) is 11.8 Å². The molecule has 0 saturated heterocycles. The minimum Gasteiger partial charge on any atom is -0.490 e. The van der Waals surface area contributed by atoms with E-state index in [-0.39, 0.29) is 0 Å². The summed E-state index contributed by atoms with van der Waals surface area (Å²) in [5.74, 6) is 2.56. The molecule has 2 heterocycles. The van der Waals surface area contributed by atoms with Crippen molar-refractivity contribution in [3.8, 4) is 27.7 Å². The molecule has 1 aliphatic carbocycles. The number of hydrogen-bond acceptors (Lipinski definition) is 6. The highest BCUT2D eigenvalue weighted by Gasteiger charge is 2.17. The molecule has 0 atom stereocenters. The molecule has 5 nitrogen and oxygen atoms in total. The predicted molar refractivity (Wildman–Crippen MR) is 126 cm³/mol. The highest BCUT2D eigenvalue weighted by molar-refractivity contribution is 7.98. The maximum absolute atomic E-state index is 6.07. The lowest BCUT2D eigenvalue weighted by atomic mass is 10.2. The second kappa shape index (κ2) is 9.24. The normalized spacial score (nSPS) is 14.2. The van der Waals surface area contributed by atoms with Crippen LogP contribution in [0, 0.1) is 0 Å². The van der Waals surface area contributed by atoms with E-state index in [0.717, 1.165) is 57.2 Å². The van der Waals surface area contributed by atoms with E-state index in [1.807, 2.05) is 41.9 Å². The first kappa shape index (κ1) is 20.3. The van der Waals surface area contributed by atoms with Crippen LogP contribution in [0.15, 0.2) is 65.1 Å². The van der Waals surface area contributed by atoms with Gasteiger partial charge in [-0.3, -0.25) is 0 Å². The first-order valence-electron chi connectivity index (χ1n) is 10.6. The highest BCUT2D eigenvalue weighted by atomic mass is 32.2. The second-order valence-electron chi connectivity index (χ2n) is 7.71. The molecule has 0 spiro atoms. The van der Waals surface area contributed by atoms with Gasteiger partial charge in [0.25, 0.3) is 0 Å². The molecule has 5 rings (SSSR count). The number of thiazole rings is 1. The van der Waals surface area contributed by atoms with Crippen molar-refractivity contribution < 1.29 is 4.74 Å². The molecule has 0 N–H and O–H groups in total. The van der Waals surface area contributed by atoms with Crippen LogP contribution in [0.1, 0.15) is 31.4 Å². The van der Waals surface area contributed by atoms with E-state index in [2.05, 4.69) is 39.8 Å². The maximum atomic E-state index is 6.07. The Morgan fingerprint density at radius 2 is 1.77 bits per heavy atom. The summed E-state index contributed by atoms with van der Waals surface area (Å²) >= 11 is 3.33. The van der Waals surface area contributed by atoms with Gasteiger partial charge in [0, 0.05) is 29.3 Å². The SMILES string of the molecule is Cn1c(SCc2csc(-c3ccccc3)n2)nnc1-c1ccc(OC2CCCC2)cc1. The molecular formula is C24H24N4OS2. The fourth-order valence-corrected chi connectivity index (χ4v) is 5.53. The molecule has 0 unspecified atom stereocenters. The molecule has 7 heteroatoms. The molecule has 31 heavy (non-hydrogen) atoms. The van der Waals surface area contributed by atoms with Crippen LogP contribution in [0.4, 0.5) is 0 Å². The lowest BCUT2D eigenvalue weighted by molar-refractivity contribution is 0.210. The van der Waals surface area contributed by atoms with E-state index >= 15 is 0 Å². The van der Waals surface area contributed by atoms with Crippen molar-refractivity contribution in [3.05, 3.63) is 65.7 Å². The lowest BCUT2D eigenvalue weighted by Gasteiger charge is -2.13. The molecule has 0 amide bonds. The van der Waals surface area contributed by atoms with Gasteiger partial charge in [-0.2, -0.15) is 0 Å². The van der Waals surface area contributed by atoms with Gasteiger partial charge in [0.2, 0.25) is 0 Å². The number of ether oxygens (including phenoxy) is 1. The minimum atomic E-state index is 0.372. The molecule has 4 aromatic rings. The Hall–Kier alpha value is -2.64. The van der Waals surface area contributed by atoms with Crippen molar-refractivity contribution >= 4 is 23.1 Å². The van der Waals surface area contributed by atoms with Crippen LogP contribution in [-0.4, -0.2) is 25.9 Å². The number of aromatic nitrogens is 4. The molecule has 1 fully saturated rings. The van der Waals surface area contributed by atoms with Crippen molar-refractivity contribution in [2.45, 2.75) is 42.7 Å². The Morgan fingerprint density at radius 1 is 1.00 bits per heavy atom. The second-order valence-corrected chi connectivity index (χ2v) is 9.51. The first-order chi connectivity index (χ1) is 15.3. The van der Waals surface area contributed by atoms with Crippen LogP contribution in [0.5, 0.6) is 5.75 Å². The smallest absolute Gasteiger partial charge is 0.191 e. The third-order valence-corrected chi connectivity index (χ3v) is 7.47. The van der Waals surface area contributed by atoms with Crippen LogP contribution in [0.3, 0.4) is 0 Å². The Morgan fingerprint density at radius 3 is 2.55 bits per heavy atom. The van der Waals surface area contributed by atoms with E-state index in [9.17, 15) is 0 Å². The molecule has 0 aliphatic heterocycles. The molecule has 0 radical (unpaired) electrons. The van der Waals surface area contributed by atoms with Gasteiger partial charge in [-0.1, -0.05) is 42.1 Å². The topological polar surface area (TPSA) is 52.8 Å². The molecule has 1 aliphatic rings. The fraction of sp³-hybridized carbons (Fsp3) is 0.292. The van der Waals surface area contributed by atoms with Crippen LogP contribution >= 0.6 is 23.1 Å². The molecule has 0 bridgehead atoms. The molecule has 158 valence electrons. The van der Waals surface area contributed by atoms with Crippen molar-refractivity contribution in [1.82, 2.24) is 19.7 Å². The minimum absolute atomic E-state index is 0.372. The summed E-state index contributed by atoms with van der Waals surface area (Å²) in [4.78, 5) is 4.77. The number of nitrogens with zero attached hydrogens (tertiary/aromatic N) is 4. The third-order valence-electron chi connectivity index (χ3n) is 5.47. The summed E-state index contributed by atoms with van der Waals surface area (Å²) in [6.45, 7) is 0. The summed E-state index contributed by atoms with van der Waals surface area (Å²) in [6, 6.07) is 18.5. The van der Waals surface area contributed by atoms with Crippen molar-refractivity contribution in [3.63, 3.8) is 0 Å². The quantitative estimate of drug-likeness (QED) is 0.314. The van der Waals surface area contributed by atoms with Crippen molar-refractivity contribution in [2.75, 3.05) is 0 Å². The summed E-state index contributed by atoms with van der Waals surface area (Å²) in [7, 11) is 2.01. The van der Waals surface area contributed by atoms with Crippen LogP contribution < -0.4 is 4.74 Å². The molecule has 2 aromatic heterocycles. The standard InChI is InChI=1S/C24H24N4OS2/c1-28-22(17-11-13-21(14-12-17)29-20-9-5-6-10-20)26-27-24(28)31-16-19-15-30-23(25-19)18-7-3-2-4-8-18/h2-4,7-8,11-15,20H,5-6,9-10,16H2,1H3. The largest absolute Gasteiger partial charge is 0.490 e. The Labute approximate surface area is 190 Å². The predicted octanol–water partition coefficient (Wildman–Crippen LogP) is 6.22. The van der Waals surface area contributed by atoms with E-state index in [4.69, 9.17) is 9.72 Å². The molecule has 1 saturated carbocycles. The third kappa shape index (κ3) is 4.67. The van der Waals surface area contributed by atoms with Crippen LogP contribution in [-0.2, 0) is 12.8 Å². The summed E-state index contributed by atoms with van der Waals surface area (Å²) in [6.07, 6.45) is 5.25. The first-order valence-corrected chi connectivity index (χ1v) is 12.4. The summed E-state index contributed by atoms with van der Waals surface area (Å²) < 4.78 is 8.11. The van der Waals surface area contributed by atoms with Gasteiger partial charge >= 0.3 is 0 Å². The summed E-state index contributed by atoms with van der Waals surface area (Å²) in [5, 5.41) is 12.9. The van der Waals surface area contributed by atoms with Crippen molar-refractivity contribution in [2.24, 2.45) is 7.05 Å². The average molecular weight is 449 g/mol. The van der Waals surface area contributed by atoms with Gasteiger partial charge in [-0.15, -0.1) is 21.5 Å². The monoisotopic (exact) mass is 448 g/mol. The highest BCUT2D eigenvalue weighted by Crippen LogP contribution is 2.30. The Bertz CT molecular complexity index is 1130. The average Bonchev–Trinajstić information content (AvgIpc) is 3.56. The number of hydrogen-bond donors (Lipinski definition) is 0. The van der Waals surface area contributed by atoms with Crippen LogP contribution in [0.2, 0.25) is 0 Å². The van der Waals surface area contributed by atoms with E-state index in [1.165, 1.54) is 12.8 Å². The molecule has 2 aromatic carbocycles. The zero-order chi connectivity index (χ0) is 21.0. The van der Waals surface area contributed by atoms with E-state index in [1.54, 1.807) is 23.1 Å². The van der Waals surface area contributed by atoms with Gasteiger partial charge in [-0.25, -0.2) is 4.98 Å². The van der Waals surface area contributed by atoms with Gasteiger partial charge < -0.3 is 9.30 Å². The van der Waals surface area contributed by atoms with E-state index < -0.39 is 0 Å². The van der Waals surface area contributed by atoms with Gasteiger partial charge in [0.1, 0.15) is 10.8 Å². The Kier molecular flexibility index (Phi) is 6.04. The number of thioether (sulfide) groups is 1. The lowest BCUT2D eigenvalue weighted by Crippen LogP contribution is -2.10. The zero-order valence-corrected chi connectivity index (χ0v) is 19.0. The fourth-order valence-electron chi connectivity index (χ4n) is 3.80. The summed E-state index contributed by atoms with van der Waals surface area (Å²) in [5.41, 5.74) is 3.26. The van der Waals surface area contributed by atoms with Crippen LogP contribution in [0.25, 0.3) is 22.0 Å². The number of rotatable bonds is 7. The maximum Gasteiger partial charge on any atom is 0.191 e. The van der Waals surface area contributed by atoms with Gasteiger partial charge in [-0.05, 0) is 49.9 Å². The number of benzene rings is 2. The van der Waals surface area contributed by atoms with E-state index in [0.29, 0.717) is 6.10 Å². The molecular weight excluding hydrogens is 424 g/mol.